The standard InChI is InChI=1S/C27H18N.C21H23N3.C18H17N3.C17H14N2O.C14H12N2.C14H8NO2.C11H8N.C5H8O2.2Ir/c1-4-10-20(11-5-1)23-16-17-26-25(18-23)24(21-12-6-2-7-13-21)19-27(28-26)22-14-8-3-9-15-22;1-13(2)16-10-7-11-17(14(3)4)19(16)20-21-18-9-6-5-8-15(18)12-24(21)23-22-20;1-11(2)20-21-17-15-8-4-3-7-13(15)14-9-5-6-12-10-19-18(17)16(12)14;1-18-8-9-19-15(18)10-11-6-7-13-12-4-2-3-5-14(12)20-17(13)16(11)19;1-2-7-13-11(5-1)9-14-15-8-4-3-6-12(15)10-16(13)14;16-14-11(12-6-3-4-8-15-12)9-10-5-1-2-7-13(10)17-14;1-2-6-10(7-3-1)11-8-4-5-9-12-11;1-4(6)3-5(2)7;;/h1-14,16-19H;5-11,13-14H,12H2,1-4H3;3-9,11,19H,10H2,1-2H3;2-9,15H,10H2,1H3;1-8,10,14H,9H2;1-8H;1-6,8-9H;3,6H,1-2H3;;/q-1;;;;;2*-1;;;/p+1. The molecule has 2 unspecified atom stereocenters. The largest absolute Gasteiger partial charge is 0.512 e. The van der Waals surface area contributed by atoms with E-state index in [0.717, 1.165) is 98.4 Å². The molecule has 0 saturated carbocycles. The second-order valence-electron chi connectivity index (χ2n) is 37.3. The summed E-state index contributed by atoms with van der Waals surface area (Å²) in [5, 5.41) is 38.1. The van der Waals surface area contributed by atoms with E-state index in [1.54, 1.807) is 30.6 Å². The zero-order chi connectivity index (χ0) is 99.6. The molecule has 14 aromatic carbocycles. The van der Waals surface area contributed by atoms with E-state index >= 15 is 0 Å². The number of likely N-dealkylation sites (N-methyl/N-ethyl adjacent to an activating group) is 1. The van der Waals surface area contributed by atoms with Gasteiger partial charge in [-0.2, -0.15) is 10.2 Å². The molecule has 18 nitrogen and oxygen atoms in total. The maximum Gasteiger partial charge on any atom is 0.268 e. The predicted molar refractivity (Wildman–Crippen MR) is 588 cm³/mol. The van der Waals surface area contributed by atoms with Crippen molar-refractivity contribution in [2.45, 2.75) is 112 Å². The Labute approximate surface area is 883 Å². The molecule has 7 aliphatic heterocycles. The summed E-state index contributed by atoms with van der Waals surface area (Å²) < 4.78 is 13.5. The second kappa shape index (κ2) is 45.6. The van der Waals surface area contributed by atoms with Crippen molar-refractivity contribution in [1.82, 2.24) is 35.1 Å². The Bertz CT molecular complexity index is 8350. The summed E-state index contributed by atoms with van der Waals surface area (Å²) in [6.45, 7) is 17.7. The molecule has 2 atom stereocenters. The molecule has 0 spiro atoms. The van der Waals surface area contributed by atoms with Gasteiger partial charge in [-0.1, -0.05) is 293 Å². The number of nitrogens with zero attached hydrogens (tertiary/aromatic N) is 11. The molecule has 20 aromatic rings. The molecule has 0 fully saturated rings. The first kappa shape index (κ1) is 101. The van der Waals surface area contributed by atoms with Crippen molar-refractivity contribution in [1.29, 1.82) is 0 Å². The summed E-state index contributed by atoms with van der Waals surface area (Å²) in [6, 6.07) is 125. The summed E-state index contributed by atoms with van der Waals surface area (Å²) in [5.41, 5.74) is 32.0. The average molecular weight is 2280 g/mol. The van der Waals surface area contributed by atoms with Crippen LogP contribution in [0.1, 0.15) is 101 Å². The zero-order valence-corrected chi connectivity index (χ0v) is 87.8. The normalized spacial score (nSPS) is 14.0. The van der Waals surface area contributed by atoms with Crippen LogP contribution in [-0.2, 0) is 70.9 Å². The molecule has 13 heterocycles. The van der Waals surface area contributed by atoms with Crippen LogP contribution in [-0.4, -0.2) is 71.4 Å². The van der Waals surface area contributed by atoms with E-state index in [-0.39, 0.29) is 57.8 Å². The SMILES string of the molecule is C1=CC2=CN3c4ccccc4CC3N2C=C1.CC(=O)C=C(C)O.CC(C)N=Nc1c2c3c(cccc3c3ccccc13)CN2.CC(C)c1cccc(C(C)C)c1-c1n[nH][n+]2c1-c1ccccc1C2.CN1C=CN2c3c(ccc4c3oc3ccccc34)CC12.O=c1oc2ccccc2[c-]c1-c1ccccn1.[Ir].[Ir].[c-]1ccccc1-c1cc(-c2ccccc2)c2cc(-c3ccccc3)ccc2n1.[c-]1ccccc1-c1ccccn1. The summed E-state index contributed by atoms with van der Waals surface area (Å²) in [6.07, 6.45) is 22.7. The Balaban J connectivity index is 0.000000112. The van der Waals surface area contributed by atoms with Gasteiger partial charge in [-0.15, -0.1) is 88.6 Å². The van der Waals surface area contributed by atoms with Gasteiger partial charge in [0.1, 0.15) is 30.1 Å². The summed E-state index contributed by atoms with van der Waals surface area (Å²) in [4.78, 5) is 44.4. The van der Waals surface area contributed by atoms with E-state index in [1.165, 1.54) is 136 Å². The number of aliphatic hydroxyl groups excluding tert-OH is 1. The number of fused-ring (bicyclic) bond motifs is 19. The molecule has 27 rings (SSSR count). The molecule has 0 bridgehead atoms. The number of nitrogens with one attached hydrogen (secondary N) is 2. The van der Waals surface area contributed by atoms with Crippen molar-refractivity contribution in [2.75, 3.05) is 22.2 Å². The number of rotatable bonds is 11. The van der Waals surface area contributed by atoms with Crippen LogP contribution >= 0.6 is 0 Å². The summed E-state index contributed by atoms with van der Waals surface area (Å²) in [5.74, 6) is 0.868. The van der Waals surface area contributed by atoms with Crippen molar-refractivity contribution in [2.24, 2.45) is 10.2 Å². The molecule has 7 aliphatic rings. The van der Waals surface area contributed by atoms with Gasteiger partial charge in [0.15, 0.2) is 11.4 Å². The van der Waals surface area contributed by atoms with Crippen LogP contribution in [0.2, 0.25) is 0 Å². The van der Waals surface area contributed by atoms with Crippen LogP contribution in [0.3, 0.4) is 0 Å². The Morgan fingerprint density at radius 3 is 1.84 bits per heavy atom. The number of anilines is 3. The van der Waals surface area contributed by atoms with Crippen LogP contribution in [0, 0.1) is 18.2 Å². The van der Waals surface area contributed by atoms with E-state index in [1.807, 2.05) is 123 Å². The summed E-state index contributed by atoms with van der Waals surface area (Å²) >= 11 is 0. The van der Waals surface area contributed by atoms with Gasteiger partial charge in [-0.3, -0.25) is 19.6 Å². The third-order valence-electron chi connectivity index (χ3n) is 26.5. The third-order valence-corrected chi connectivity index (χ3v) is 26.5. The second-order valence-corrected chi connectivity index (χ2v) is 37.3. The number of carbonyl (C=O) groups excluding carboxylic acids is 1. The molecule has 3 N–H and O–H groups in total. The predicted octanol–water partition coefficient (Wildman–Crippen LogP) is 29.6. The number of hydrogen-bond donors (Lipinski definition) is 3. The van der Waals surface area contributed by atoms with Crippen molar-refractivity contribution in [3.63, 3.8) is 0 Å². The molecule has 732 valence electrons. The van der Waals surface area contributed by atoms with Gasteiger partial charge in [0.25, 0.3) is 11.3 Å². The van der Waals surface area contributed by atoms with Crippen LogP contribution < -0.4 is 25.4 Å². The molecule has 20 heteroatoms. The number of aromatic nitrogens is 6. The molecular formula is C127H109Ir2N13O5-2. The van der Waals surface area contributed by atoms with E-state index < -0.39 is 5.63 Å². The van der Waals surface area contributed by atoms with Crippen LogP contribution in [0.5, 0.6) is 0 Å². The fourth-order valence-corrected chi connectivity index (χ4v) is 19.8. The van der Waals surface area contributed by atoms with Gasteiger partial charge in [0.2, 0.25) is 5.69 Å². The van der Waals surface area contributed by atoms with E-state index in [2.05, 4.69) is 363 Å². The number of azo groups is 1. The monoisotopic (exact) mass is 2280 g/mol. The van der Waals surface area contributed by atoms with Gasteiger partial charge in [-0.25, -0.2) is 0 Å². The number of carbonyl (C=O) groups is 1. The van der Waals surface area contributed by atoms with Crippen molar-refractivity contribution >= 4 is 93.9 Å². The average Bonchev–Trinajstić information content (AvgIpc) is 1.60. The Morgan fingerprint density at radius 2 is 1.15 bits per heavy atom. The topological polar surface area (TPSA) is 202 Å². The number of benzene rings is 14. The zero-order valence-electron chi connectivity index (χ0n) is 83.0. The van der Waals surface area contributed by atoms with Crippen molar-refractivity contribution in [3.8, 4) is 78.5 Å². The fourth-order valence-electron chi connectivity index (χ4n) is 19.8. The quantitative estimate of drug-likeness (QED) is 0.0210. The first-order valence-electron chi connectivity index (χ1n) is 49.2. The minimum absolute atomic E-state index is 0. The number of pyridine rings is 3. The van der Waals surface area contributed by atoms with Crippen molar-refractivity contribution < 1.29 is 63.6 Å². The maximum absolute atomic E-state index is 11.8. The minimum atomic E-state index is -0.414. The molecular weight excluding hydrogens is 2170 g/mol. The molecule has 0 aliphatic carbocycles. The van der Waals surface area contributed by atoms with E-state index in [0.29, 0.717) is 41.0 Å². The summed E-state index contributed by atoms with van der Waals surface area (Å²) in [7, 11) is 2.13. The Hall–Kier alpha value is -16.5. The smallest absolute Gasteiger partial charge is 0.268 e. The van der Waals surface area contributed by atoms with Gasteiger partial charge in [0, 0.05) is 170 Å². The number of ketones is 1. The van der Waals surface area contributed by atoms with E-state index in [9.17, 15) is 9.59 Å². The number of hydrogen-bond acceptors (Lipinski definition) is 16. The molecule has 6 aromatic heterocycles. The first-order valence-corrected chi connectivity index (χ1v) is 49.2. The van der Waals surface area contributed by atoms with Gasteiger partial charge in [0.05, 0.1) is 40.0 Å². The number of furan rings is 1. The van der Waals surface area contributed by atoms with Gasteiger partial charge in [-0.05, 0) is 166 Å². The number of para-hydroxylation sites is 3. The Morgan fingerprint density at radius 1 is 0.524 bits per heavy atom. The fraction of sp³-hybridized carbons (Fsp3) is 0.142. The number of allylic oxidation sites excluding steroid dienone is 5. The Kier molecular flexibility index (Phi) is 31.2. The molecule has 2 radical (unpaired) electrons. The minimum Gasteiger partial charge on any atom is -0.512 e. The van der Waals surface area contributed by atoms with Gasteiger partial charge >= 0.3 is 0 Å². The first-order chi connectivity index (χ1) is 70.9. The number of aromatic amines is 1. The van der Waals surface area contributed by atoms with E-state index in [4.69, 9.17) is 24.0 Å². The number of H-pyrrole nitrogens is 1. The maximum atomic E-state index is 11.8. The molecule has 0 saturated heterocycles. The molecule has 147 heavy (non-hydrogen) atoms. The van der Waals surface area contributed by atoms with Crippen molar-refractivity contribution in [3.05, 3.63) is 475 Å². The molecule has 0 amide bonds. The van der Waals surface area contributed by atoms with Gasteiger partial charge < -0.3 is 43.8 Å². The van der Waals surface area contributed by atoms with Crippen LogP contribution in [0.15, 0.2) is 437 Å². The number of aliphatic hydroxyl groups is 1. The van der Waals surface area contributed by atoms with Crippen LogP contribution in [0.4, 0.5) is 22.7 Å². The third kappa shape index (κ3) is 21.7. The van der Waals surface area contributed by atoms with Crippen LogP contribution in [0.25, 0.3) is 144 Å².